The van der Waals surface area contributed by atoms with Crippen LogP contribution in [0.1, 0.15) is 40.7 Å². The Morgan fingerprint density at radius 1 is 1.17 bits per heavy atom. The fourth-order valence-corrected chi connectivity index (χ4v) is 4.53. The summed E-state index contributed by atoms with van der Waals surface area (Å²) < 4.78 is 22.7. The predicted molar refractivity (Wildman–Crippen MR) is 89.3 cm³/mol. The second-order valence-corrected chi connectivity index (χ2v) is 8.52. The lowest BCUT2D eigenvalue weighted by atomic mass is 10.0. The molecule has 1 fully saturated rings. The molecule has 0 aliphatic carbocycles. The van der Waals surface area contributed by atoms with E-state index in [4.69, 9.17) is 0 Å². The normalized spacial score (nSPS) is 19.5. The number of amides is 1. The van der Waals surface area contributed by atoms with E-state index >= 15 is 0 Å². The van der Waals surface area contributed by atoms with Crippen LogP contribution in [0.15, 0.2) is 18.2 Å². The average Bonchev–Trinajstić information content (AvgIpc) is 2.84. The van der Waals surface area contributed by atoms with E-state index in [-0.39, 0.29) is 42.0 Å². The molecule has 1 atom stereocenters. The number of Topliss-reactive ketones (excluding diaryl/α,β-unsaturated/α-hetero) is 1. The number of nitrogens with one attached hydrogen (secondary N) is 1. The summed E-state index contributed by atoms with van der Waals surface area (Å²) in [6.45, 7) is 4.31. The van der Waals surface area contributed by atoms with E-state index in [0.29, 0.717) is 18.5 Å². The van der Waals surface area contributed by atoms with Crippen LogP contribution in [0.25, 0.3) is 0 Å². The highest BCUT2D eigenvalue weighted by molar-refractivity contribution is 7.91. The van der Waals surface area contributed by atoms with Crippen molar-refractivity contribution >= 4 is 21.5 Å². The van der Waals surface area contributed by atoms with Crippen LogP contribution in [0.4, 0.5) is 0 Å². The van der Waals surface area contributed by atoms with Gasteiger partial charge in [0.25, 0.3) is 0 Å². The highest BCUT2D eigenvalue weighted by atomic mass is 32.2. The first-order chi connectivity index (χ1) is 10.8. The van der Waals surface area contributed by atoms with Crippen LogP contribution in [0.2, 0.25) is 0 Å². The van der Waals surface area contributed by atoms with E-state index in [2.05, 4.69) is 5.32 Å². The van der Waals surface area contributed by atoms with Gasteiger partial charge >= 0.3 is 0 Å². The largest absolute Gasteiger partial charge is 0.356 e. The van der Waals surface area contributed by atoms with Gasteiger partial charge in [-0.1, -0.05) is 12.1 Å². The van der Waals surface area contributed by atoms with Crippen LogP contribution >= 0.6 is 0 Å². The van der Waals surface area contributed by atoms with Crippen LogP contribution in [0, 0.1) is 19.8 Å². The Morgan fingerprint density at radius 3 is 2.52 bits per heavy atom. The summed E-state index contributed by atoms with van der Waals surface area (Å²) in [5.41, 5.74) is 2.82. The van der Waals surface area contributed by atoms with E-state index in [9.17, 15) is 18.0 Å². The molecule has 0 saturated carbocycles. The molecule has 1 N–H and O–H groups in total. The van der Waals surface area contributed by atoms with E-state index in [1.54, 1.807) is 6.07 Å². The molecular formula is C17H23NO4S. The van der Waals surface area contributed by atoms with Crippen molar-refractivity contribution in [2.75, 3.05) is 18.1 Å². The minimum absolute atomic E-state index is 0.000556. The standard InChI is InChI=1S/C17H23NO4S/c1-12-3-4-15(9-13(12)2)16(19)5-6-17(20)18-10-14-7-8-23(21,22)11-14/h3-4,9,14H,5-8,10-11H2,1-2H3,(H,18,20). The van der Waals surface area contributed by atoms with Crippen molar-refractivity contribution in [1.29, 1.82) is 0 Å². The number of aryl methyl sites for hydroxylation is 2. The van der Waals surface area contributed by atoms with Crippen molar-refractivity contribution in [2.24, 2.45) is 5.92 Å². The summed E-state index contributed by atoms with van der Waals surface area (Å²) in [6.07, 6.45) is 0.896. The Bertz CT molecular complexity index is 709. The molecule has 2 rings (SSSR count). The van der Waals surface area contributed by atoms with Crippen molar-refractivity contribution in [3.8, 4) is 0 Å². The molecule has 1 heterocycles. The van der Waals surface area contributed by atoms with Crippen LogP contribution in [-0.4, -0.2) is 38.2 Å². The lowest BCUT2D eigenvalue weighted by Crippen LogP contribution is -2.30. The molecule has 0 bridgehead atoms. The molecule has 6 heteroatoms. The zero-order valence-electron chi connectivity index (χ0n) is 13.6. The maximum absolute atomic E-state index is 12.1. The van der Waals surface area contributed by atoms with E-state index in [0.717, 1.165) is 11.1 Å². The maximum Gasteiger partial charge on any atom is 0.220 e. The van der Waals surface area contributed by atoms with Gasteiger partial charge in [-0.2, -0.15) is 0 Å². The van der Waals surface area contributed by atoms with Crippen LogP contribution in [0.3, 0.4) is 0 Å². The summed E-state index contributed by atoms with van der Waals surface area (Å²) in [7, 11) is -2.92. The lowest BCUT2D eigenvalue weighted by Gasteiger charge is -2.09. The second kappa shape index (κ2) is 7.25. The molecule has 1 aromatic carbocycles. The van der Waals surface area contributed by atoms with E-state index in [1.165, 1.54) is 0 Å². The Labute approximate surface area is 137 Å². The van der Waals surface area contributed by atoms with Gasteiger partial charge in [-0.15, -0.1) is 0 Å². The molecule has 0 aromatic heterocycles. The molecule has 0 radical (unpaired) electrons. The molecule has 1 saturated heterocycles. The zero-order valence-corrected chi connectivity index (χ0v) is 14.4. The molecule has 23 heavy (non-hydrogen) atoms. The van der Waals surface area contributed by atoms with Crippen molar-refractivity contribution < 1.29 is 18.0 Å². The summed E-state index contributed by atoms with van der Waals surface area (Å²) in [6, 6.07) is 5.54. The quantitative estimate of drug-likeness (QED) is 0.803. The number of carbonyl (C=O) groups excluding carboxylic acids is 2. The average molecular weight is 337 g/mol. The van der Waals surface area contributed by atoms with Gasteiger partial charge in [0.2, 0.25) is 5.91 Å². The SMILES string of the molecule is Cc1ccc(C(=O)CCC(=O)NCC2CCS(=O)(=O)C2)cc1C. The van der Waals surface area contributed by atoms with E-state index in [1.807, 2.05) is 26.0 Å². The molecule has 1 amide bonds. The minimum Gasteiger partial charge on any atom is -0.356 e. The molecule has 126 valence electrons. The van der Waals surface area contributed by atoms with Crippen molar-refractivity contribution in [3.63, 3.8) is 0 Å². The highest BCUT2D eigenvalue weighted by Gasteiger charge is 2.27. The first-order valence-corrected chi connectivity index (χ1v) is 9.66. The summed E-state index contributed by atoms with van der Waals surface area (Å²) in [5.74, 6) is 0.103. The molecule has 1 aliphatic rings. The molecule has 1 aromatic rings. The topological polar surface area (TPSA) is 80.3 Å². The Kier molecular flexibility index (Phi) is 5.57. The zero-order chi connectivity index (χ0) is 17.0. The summed E-state index contributed by atoms with van der Waals surface area (Å²) >= 11 is 0. The third-order valence-electron chi connectivity index (χ3n) is 4.32. The summed E-state index contributed by atoms with van der Waals surface area (Å²) in [4.78, 5) is 23.9. The monoisotopic (exact) mass is 337 g/mol. The van der Waals surface area contributed by atoms with Crippen LogP contribution < -0.4 is 5.32 Å². The van der Waals surface area contributed by atoms with Crippen molar-refractivity contribution in [2.45, 2.75) is 33.1 Å². The number of benzene rings is 1. The number of hydrogen-bond acceptors (Lipinski definition) is 4. The number of carbonyl (C=O) groups is 2. The van der Waals surface area contributed by atoms with Crippen LogP contribution in [0.5, 0.6) is 0 Å². The number of sulfone groups is 1. The molecule has 1 aliphatic heterocycles. The number of ketones is 1. The molecule has 1 unspecified atom stereocenters. The van der Waals surface area contributed by atoms with Crippen molar-refractivity contribution in [3.05, 3.63) is 34.9 Å². The predicted octanol–water partition coefficient (Wildman–Crippen LogP) is 1.82. The fraction of sp³-hybridized carbons (Fsp3) is 0.529. The van der Waals surface area contributed by atoms with E-state index < -0.39 is 9.84 Å². The maximum atomic E-state index is 12.1. The Balaban J connectivity index is 1.75. The molecule has 0 spiro atoms. The first kappa shape index (κ1) is 17.7. The van der Waals surface area contributed by atoms with Crippen LogP contribution in [-0.2, 0) is 14.6 Å². The lowest BCUT2D eigenvalue weighted by molar-refractivity contribution is -0.121. The van der Waals surface area contributed by atoms with Gasteiger partial charge in [-0.25, -0.2) is 8.42 Å². The highest BCUT2D eigenvalue weighted by Crippen LogP contribution is 2.17. The summed E-state index contributed by atoms with van der Waals surface area (Å²) in [5, 5.41) is 2.73. The van der Waals surface area contributed by atoms with Gasteiger partial charge in [0.15, 0.2) is 15.6 Å². The smallest absolute Gasteiger partial charge is 0.220 e. The van der Waals surface area contributed by atoms with Crippen molar-refractivity contribution in [1.82, 2.24) is 5.32 Å². The minimum atomic E-state index is -2.92. The van der Waals surface area contributed by atoms with Gasteiger partial charge in [-0.3, -0.25) is 9.59 Å². The van der Waals surface area contributed by atoms with Gasteiger partial charge < -0.3 is 5.32 Å². The van der Waals surface area contributed by atoms with Gasteiger partial charge in [0.05, 0.1) is 11.5 Å². The third-order valence-corrected chi connectivity index (χ3v) is 6.16. The number of hydrogen-bond donors (Lipinski definition) is 1. The van der Waals surface area contributed by atoms with Gasteiger partial charge in [0.1, 0.15) is 0 Å². The van der Waals surface area contributed by atoms with Gasteiger partial charge in [0, 0.05) is 24.9 Å². The third kappa shape index (κ3) is 5.16. The Hall–Kier alpha value is -1.69. The Morgan fingerprint density at radius 2 is 1.91 bits per heavy atom. The number of rotatable bonds is 6. The molecular weight excluding hydrogens is 314 g/mol. The first-order valence-electron chi connectivity index (χ1n) is 7.84. The van der Waals surface area contributed by atoms with Gasteiger partial charge in [-0.05, 0) is 43.4 Å². The molecule has 5 nitrogen and oxygen atoms in total. The second-order valence-electron chi connectivity index (χ2n) is 6.30. The fourth-order valence-electron chi connectivity index (χ4n) is 2.67.